The monoisotopic (exact) mass is 456 g/mol. The smallest absolute Gasteiger partial charge is 0.128 e. The Labute approximate surface area is 203 Å². The number of aromatic hydroxyl groups is 2. The number of para-hydroxylation sites is 2. The van der Waals surface area contributed by atoms with Gasteiger partial charge in [-0.05, 0) is 45.2 Å². The van der Waals surface area contributed by atoms with Gasteiger partial charge >= 0.3 is 0 Å². The van der Waals surface area contributed by atoms with Gasteiger partial charge in [-0.1, -0.05) is 90.1 Å². The summed E-state index contributed by atoms with van der Waals surface area (Å²) in [6.45, 7) is 13.5. The van der Waals surface area contributed by atoms with E-state index in [1.54, 1.807) is 12.4 Å². The topological polar surface area (TPSA) is 65.2 Å². The Hall–Kier alpha value is -3.40. The molecule has 0 radical (unpaired) electrons. The molecule has 0 aliphatic heterocycles. The summed E-state index contributed by atoms with van der Waals surface area (Å²) in [5.74, 6) is 0.572. The van der Waals surface area contributed by atoms with Gasteiger partial charge in [-0.3, -0.25) is 9.98 Å². The van der Waals surface area contributed by atoms with Crippen LogP contribution in [0.1, 0.15) is 74.9 Å². The van der Waals surface area contributed by atoms with Crippen molar-refractivity contribution in [3.63, 3.8) is 0 Å². The lowest BCUT2D eigenvalue weighted by molar-refractivity contribution is 0.445. The highest BCUT2D eigenvalue weighted by molar-refractivity contribution is 5.85. The average molecular weight is 457 g/mol. The van der Waals surface area contributed by atoms with Crippen molar-refractivity contribution in [2.45, 2.75) is 65.5 Å². The lowest BCUT2D eigenvalue weighted by atomic mass is 9.85. The van der Waals surface area contributed by atoms with Gasteiger partial charge < -0.3 is 10.2 Å². The first-order chi connectivity index (χ1) is 16.0. The summed E-state index contributed by atoms with van der Waals surface area (Å²) in [4.78, 5) is 9.20. The van der Waals surface area contributed by atoms with Gasteiger partial charge in [0, 0.05) is 23.6 Å². The van der Waals surface area contributed by atoms with E-state index in [-0.39, 0.29) is 22.3 Å². The van der Waals surface area contributed by atoms with Crippen molar-refractivity contribution in [2.24, 2.45) is 9.98 Å². The molecule has 0 heterocycles. The van der Waals surface area contributed by atoms with Gasteiger partial charge in [0.1, 0.15) is 11.5 Å². The van der Waals surface area contributed by atoms with E-state index in [0.717, 1.165) is 33.4 Å². The van der Waals surface area contributed by atoms with Gasteiger partial charge in [0.15, 0.2) is 0 Å². The molecule has 0 aliphatic rings. The van der Waals surface area contributed by atoms with Crippen LogP contribution in [0, 0.1) is 0 Å². The van der Waals surface area contributed by atoms with Crippen molar-refractivity contribution >= 4 is 12.4 Å². The first kappa shape index (κ1) is 25.2. The molecule has 34 heavy (non-hydrogen) atoms. The summed E-state index contributed by atoms with van der Waals surface area (Å²) in [6.07, 6.45) is 3.47. The molecule has 0 unspecified atom stereocenters. The Bertz CT molecular complexity index is 1100. The molecule has 178 valence electrons. The highest BCUT2D eigenvalue weighted by Crippen LogP contribution is 2.33. The van der Waals surface area contributed by atoms with E-state index in [0.29, 0.717) is 13.1 Å². The average Bonchev–Trinajstić information content (AvgIpc) is 2.75. The molecule has 3 rings (SSSR count). The molecule has 0 bridgehead atoms. The fourth-order valence-corrected chi connectivity index (χ4v) is 3.89. The number of benzene rings is 3. The van der Waals surface area contributed by atoms with Gasteiger partial charge in [0.2, 0.25) is 0 Å². The van der Waals surface area contributed by atoms with Crippen LogP contribution >= 0.6 is 0 Å². The van der Waals surface area contributed by atoms with Crippen LogP contribution in [0.25, 0.3) is 0 Å². The van der Waals surface area contributed by atoms with E-state index in [1.807, 2.05) is 60.7 Å². The molecule has 0 aromatic heterocycles. The van der Waals surface area contributed by atoms with E-state index in [9.17, 15) is 10.2 Å². The van der Waals surface area contributed by atoms with Crippen molar-refractivity contribution in [1.82, 2.24) is 0 Å². The fourth-order valence-electron chi connectivity index (χ4n) is 3.89. The molecule has 0 atom stereocenters. The van der Waals surface area contributed by atoms with Crippen molar-refractivity contribution in [3.05, 3.63) is 94.0 Å². The zero-order valence-corrected chi connectivity index (χ0v) is 21.1. The normalized spacial score (nSPS) is 12.6. The van der Waals surface area contributed by atoms with Crippen molar-refractivity contribution in [1.29, 1.82) is 0 Å². The number of aliphatic imine (C=N–C) groups is 2. The highest BCUT2D eigenvalue weighted by Gasteiger charge is 2.20. The third kappa shape index (κ3) is 6.13. The van der Waals surface area contributed by atoms with Crippen LogP contribution in [0.4, 0.5) is 0 Å². The van der Waals surface area contributed by atoms with Gasteiger partial charge in [0.25, 0.3) is 0 Å². The second kappa shape index (κ2) is 10.3. The second-order valence-electron chi connectivity index (χ2n) is 10.7. The second-order valence-corrected chi connectivity index (χ2v) is 10.7. The van der Waals surface area contributed by atoms with Crippen LogP contribution in [0.5, 0.6) is 11.5 Å². The van der Waals surface area contributed by atoms with Crippen LogP contribution in [0.2, 0.25) is 0 Å². The van der Waals surface area contributed by atoms with Gasteiger partial charge in [-0.2, -0.15) is 0 Å². The summed E-state index contributed by atoms with van der Waals surface area (Å²) in [7, 11) is 0. The van der Waals surface area contributed by atoms with Crippen molar-refractivity contribution in [2.75, 3.05) is 0 Å². The molecule has 3 aromatic rings. The van der Waals surface area contributed by atoms with E-state index in [2.05, 4.69) is 51.5 Å². The van der Waals surface area contributed by atoms with E-state index >= 15 is 0 Å². The minimum absolute atomic E-state index is 0.140. The largest absolute Gasteiger partial charge is 0.507 e. The maximum atomic E-state index is 10.7. The number of hydrogen-bond acceptors (Lipinski definition) is 4. The molecule has 0 spiro atoms. The van der Waals surface area contributed by atoms with Gasteiger partial charge in [0.05, 0.1) is 13.1 Å². The molecule has 0 aliphatic carbocycles. The third-order valence-corrected chi connectivity index (χ3v) is 5.85. The number of phenols is 2. The Morgan fingerprint density at radius 3 is 1.32 bits per heavy atom. The molecular weight excluding hydrogens is 420 g/mol. The molecule has 2 N–H and O–H groups in total. The molecule has 0 fully saturated rings. The number of phenolic OH excluding ortho intramolecular Hbond substituents is 2. The number of nitrogens with zero attached hydrogens (tertiary/aromatic N) is 2. The summed E-state index contributed by atoms with van der Waals surface area (Å²) >= 11 is 0. The third-order valence-electron chi connectivity index (χ3n) is 5.85. The fraction of sp³-hybridized carbons (Fsp3) is 0.333. The standard InChI is InChI=1S/C30H36N2O2/c1-29(2,3)25-15-9-13-23(27(25)33)19-31-17-21-11-7-8-12-22(21)18-32-20-24-14-10-16-26(28(24)34)30(4,5)6/h7-16,19-20,33-34H,17-18H2,1-6H3. The van der Waals surface area contributed by atoms with E-state index in [1.165, 1.54) is 0 Å². The van der Waals surface area contributed by atoms with Gasteiger partial charge in [-0.25, -0.2) is 0 Å². The Morgan fingerprint density at radius 1 is 0.588 bits per heavy atom. The lowest BCUT2D eigenvalue weighted by Gasteiger charge is -2.21. The van der Waals surface area contributed by atoms with Crippen LogP contribution in [0.15, 0.2) is 70.6 Å². The van der Waals surface area contributed by atoms with Gasteiger partial charge in [-0.15, -0.1) is 0 Å². The predicted molar refractivity (Wildman–Crippen MR) is 143 cm³/mol. The maximum absolute atomic E-state index is 10.7. The summed E-state index contributed by atoms with van der Waals surface area (Å²) in [6, 6.07) is 19.6. The maximum Gasteiger partial charge on any atom is 0.128 e. The summed E-state index contributed by atoms with van der Waals surface area (Å²) in [5, 5.41) is 21.3. The molecule has 4 nitrogen and oxygen atoms in total. The molecule has 3 aromatic carbocycles. The Morgan fingerprint density at radius 2 is 0.971 bits per heavy atom. The molecule has 0 saturated carbocycles. The predicted octanol–water partition coefficient (Wildman–Crippen LogP) is 6.93. The van der Waals surface area contributed by atoms with Crippen LogP contribution in [-0.2, 0) is 23.9 Å². The first-order valence-corrected chi connectivity index (χ1v) is 11.7. The SMILES string of the molecule is CC(C)(C)c1cccc(C=NCc2ccccc2CN=Cc2cccc(C(C)(C)C)c2O)c1O. The van der Waals surface area contributed by atoms with Crippen molar-refractivity contribution < 1.29 is 10.2 Å². The Kier molecular flexibility index (Phi) is 7.61. The Balaban J connectivity index is 1.75. The van der Waals surface area contributed by atoms with E-state index < -0.39 is 0 Å². The quantitative estimate of drug-likeness (QED) is 0.395. The number of rotatable bonds is 6. The van der Waals surface area contributed by atoms with Crippen molar-refractivity contribution in [3.8, 4) is 11.5 Å². The number of hydrogen-bond donors (Lipinski definition) is 2. The minimum atomic E-state index is -0.140. The molecule has 0 amide bonds. The van der Waals surface area contributed by atoms with Crippen LogP contribution < -0.4 is 0 Å². The first-order valence-electron chi connectivity index (χ1n) is 11.7. The molecule has 0 saturated heterocycles. The molecule has 4 heteroatoms. The highest BCUT2D eigenvalue weighted by atomic mass is 16.3. The summed E-state index contributed by atoms with van der Waals surface area (Å²) in [5.41, 5.74) is 5.13. The van der Waals surface area contributed by atoms with Crippen LogP contribution in [0.3, 0.4) is 0 Å². The lowest BCUT2D eigenvalue weighted by Crippen LogP contribution is -2.11. The summed E-state index contributed by atoms with van der Waals surface area (Å²) < 4.78 is 0. The minimum Gasteiger partial charge on any atom is -0.507 e. The van der Waals surface area contributed by atoms with E-state index in [4.69, 9.17) is 0 Å². The zero-order valence-electron chi connectivity index (χ0n) is 21.1. The molecular formula is C30H36N2O2. The van der Waals surface area contributed by atoms with Crippen LogP contribution in [-0.4, -0.2) is 22.6 Å². The zero-order chi connectivity index (χ0) is 24.9.